The molecule has 5 heteroatoms. The molecule has 0 spiro atoms. The summed E-state index contributed by atoms with van der Waals surface area (Å²) < 4.78 is 5.55. The summed E-state index contributed by atoms with van der Waals surface area (Å²) in [4.78, 5) is 12.1. The fourth-order valence-corrected chi connectivity index (χ4v) is 1.97. The maximum Gasteiger partial charge on any atom is 0.256 e. The standard InChI is InChI=1S/C16H21N3O2/c1-4-5-13-10-15(19-18-13)17-16(20)12-6-8-14(9-7-12)21-11(2)3/h6-11H,4-5H2,1-3H3,(H2,17,18,19,20). The van der Waals surface area contributed by atoms with Gasteiger partial charge in [-0.2, -0.15) is 5.10 Å². The molecule has 1 amide bonds. The highest BCUT2D eigenvalue weighted by molar-refractivity contribution is 6.03. The molecular formula is C16H21N3O2. The molecular weight excluding hydrogens is 266 g/mol. The lowest BCUT2D eigenvalue weighted by Crippen LogP contribution is -2.12. The van der Waals surface area contributed by atoms with Gasteiger partial charge in [0.1, 0.15) is 5.75 Å². The third-order valence-electron chi connectivity index (χ3n) is 2.88. The van der Waals surface area contributed by atoms with Crippen molar-refractivity contribution in [1.29, 1.82) is 0 Å². The van der Waals surface area contributed by atoms with E-state index >= 15 is 0 Å². The normalized spacial score (nSPS) is 10.7. The van der Waals surface area contributed by atoms with Crippen molar-refractivity contribution < 1.29 is 9.53 Å². The summed E-state index contributed by atoms with van der Waals surface area (Å²) in [5, 5.41) is 9.76. The first-order valence-corrected chi connectivity index (χ1v) is 7.21. The average Bonchev–Trinajstić information content (AvgIpc) is 2.86. The smallest absolute Gasteiger partial charge is 0.256 e. The predicted molar refractivity (Wildman–Crippen MR) is 82.7 cm³/mol. The van der Waals surface area contributed by atoms with Gasteiger partial charge in [0.25, 0.3) is 5.91 Å². The molecule has 0 aliphatic heterocycles. The number of hydrogen-bond acceptors (Lipinski definition) is 3. The minimum atomic E-state index is -0.180. The van der Waals surface area contributed by atoms with Crippen LogP contribution in [0.1, 0.15) is 43.2 Å². The summed E-state index contributed by atoms with van der Waals surface area (Å²) in [5.74, 6) is 1.12. The van der Waals surface area contributed by atoms with E-state index in [4.69, 9.17) is 4.74 Å². The quantitative estimate of drug-likeness (QED) is 0.855. The highest BCUT2D eigenvalue weighted by Crippen LogP contribution is 2.15. The van der Waals surface area contributed by atoms with E-state index in [0.717, 1.165) is 24.3 Å². The zero-order valence-electron chi connectivity index (χ0n) is 12.6. The average molecular weight is 287 g/mol. The largest absolute Gasteiger partial charge is 0.491 e. The Morgan fingerprint density at radius 3 is 2.67 bits per heavy atom. The van der Waals surface area contributed by atoms with E-state index in [1.54, 1.807) is 24.3 Å². The molecule has 0 unspecified atom stereocenters. The number of amides is 1. The summed E-state index contributed by atoms with van der Waals surface area (Å²) in [7, 11) is 0. The molecule has 1 aromatic heterocycles. The van der Waals surface area contributed by atoms with Gasteiger partial charge in [-0.05, 0) is 44.5 Å². The Labute approximate surface area is 124 Å². The van der Waals surface area contributed by atoms with Gasteiger partial charge in [-0.3, -0.25) is 9.89 Å². The van der Waals surface area contributed by atoms with Crippen LogP contribution in [0.3, 0.4) is 0 Å². The molecule has 112 valence electrons. The Hall–Kier alpha value is -2.30. The summed E-state index contributed by atoms with van der Waals surface area (Å²) in [6.07, 6.45) is 2.07. The van der Waals surface area contributed by atoms with Crippen molar-refractivity contribution in [3.8, 4) is 5.75 Å². The van der Waals surface area contributed by atoms with Crippen LogP contribution in [0, 0.1) is 0 Å². The Balaban J connectivity index is 1.99. The molecule has 0 saturated heterocycles. The highest BCUT2D eigenvalue weighted by atomic mass is 16.5. The number of carbonyl (C=O) groups excluding carboxylic acids is 1. The van der Waals surface area contributed by atoms with Crippen LogP contribution in [0.4, 0.5) is 5.82 Å². The highest BCUT2D eigenvalue weighted by Gasteiger charge is 2.09. The van der Waals surface area contributed by atoms with Crippen LogP contribution in [0.2, 0.25) is 0 Å². The number of carbonyl (C=O) groups is 1. The molecule has 2 N–H and O–H groups in total. The van der Waals surface area contributed by atoms with Gasteiger partial charge in [-0.1, -0.05) is 13.3 Å². The van der Waals surface area contributed by atoms with E-state index in [9.17, 15) is 4.79 Å². The molecule has 5 nitrogen and oxygen atoms in total. The number of aryl methyl sites for hydroxylation is 1. The van der Waals surface area contributed by atoms with Gasteiger partial charge in [-0.25, -0.2) is 0 Å². The topological polar surface area (TPSA) is 67.0 Å². The van der Waals surface area contributed by atoms with E-state index in [1.807, 2.05) is 19.9 Å². The number of rotatable bonds is 6. The summed E-state index contributed by atoms with van der Waals surface area (Å²) in [6.45, 7) is 6.03. The fourth-order valence-electron chi connectivity index (χ4n) is 1.97. The minimum absolute atomic E-state index is 0.116. The Morgan fingerprint density at radius 1 is 1.33 bits per heavy atom. The maximum atomic E-state index is 12.1. The number of ether oxygens (including phenoxy) is 1. The van der Waals surface area contributed by atoms with Crippen LogP contribution >= 0.6 is 0 Å². The monoisotopic (exact) mass is 287 g/mol. The number of H-pyrrole nitrogens is 1. The fraction of sp³-hybridized carbons (Fsp3) is 0.375. The first-order chi connectivity index (χ1) is 10.1. The van der Waals surface area contributed by atoms with Crippen LogP contribution in [0.5, 0.6) is 5.75 Å². The molecule has 1 aromatic carbocycles. The second-order valence-corrected chi connectivity index (χ2v) is 5.17. The molecule has 21 heavy (non-hydrogen) atoms. The summed E-state index contributed by atoms with van der Waals surface area (Å²) in [5.41, 5.74) is 1.60. The van der Waals surface area contributed by atoms with Gasteiger partial charge in [0.05, 0.1) is 6.10 Å². The third kappa shape index (κ3) is 4.34. The van der Waals surface area contributed by atoms with Gasteiger partial charge < -0.3 is 10.1 Å². The molecule has 0 aliphatic carbocycles. The molecule has 0 fully saturated rings. The molecule has 0 atom stereocenters. The van der Waals surface area contributed by atoms with Crippen LogP contribution in [-0.2, 0) is 6.42 Å². The molecule has 0 aliphatic rings. The second-order valence-electron chi connectivity index (χ2n) is 5.17. The predicted octanol–water partition coefficient (Wildman–Crippen LogP) is 3.40. The molecule has 2 aromatic rings. The Bertz CT molecular complexity index is 588. The van der Waals surface area contributed by atoms with Crippen molar-refractivity contribution in [2.24, 2.45) is 0 Å². The molecule has 0 saturated carbocycles. The van der Waals surface area contributed by atoms with Gasteiger partial charge in [0, 0.05) is 17.3 Å². The number of nitrogens with one attached hydrogen (secondary N) is 2. The van der Waals surface area contributed by atoms with Gasteiger partial charge >= 0.3 is 0 Å². The molecule has 0 radical (unpaired) electrons. The zero-order valence-corrected chi connectivity index (χ0v) is 12.6. The van der Waals surface area contributed by atoms with E-state index in [1.165, 1.54) is 0 Å². The van der Waals surface area contributed by atoms with Crippen LogP contribution < -0.4 is 10.1 Å². The third-order valence-corrected chi connectivity index (χ3v) is 2.88. The lowest BCUT2D eigenvalue weighted by molar-refractivity contribution is 0.102. The number of aromatic amines is 1. The van der Waals surface area contributed by atoms with Crippen LogP contribution in [0.25, 0.3) is 0 Å². The van der Waals surface area contributed by atoms with E-state index in [2.05, 4.69) is 22.4 Å². The van der Waals surface area contributed by atoms with Crippen molar-refractivity contribution in [3.63, 3.8) is 0 Å². The Kier molecular flexibility index (Phi) is 4.98. The number of aromatic nitrogens is 2. The zero-order chi connectivity index (χ0) is 15.2. The van der Waals surface area contributed by atoms with Gasteiger partial charge in [0.2, 0.25) is 0 Å². The second kappa shape index (κ2) is 6.92. The molecule has 2 rings (SSSR count). The van der Waals surface area contributed by atoms with Crippen molar-refractivity contribution >= 4 is 11.7 Å². The number of anilines is 1. The lowest BCUT2D eigenvalue weighted by Gasteiger charge is -2.09. The van der Waals surface area contributed by atoms with E-state index in [-0.39, 0.29) is 12.0 Å². The maximum absolute atomic E-state index is 12.1. The SMILES string of the molecule is CCCc1cc(NC(=O)c2ccc(OC(C)C)cc2)n[nH]1. The Morgan fingerprint density at radius 2 is 2.05 bits per heavy atom. The summed E-state index contributed by atoms with van der Waals surface area (Å²) >= 11 is 0. The molecule has 1 heterocycles. The lowest BCUT2D eigenvalue weighted by atomic mass is 10.2. The van der Waals surface area contributed by atoms with Crippen LogP contribution in [-0.4, -0.2) is 22.2 Å². The number of nitrogens with zero attached hydrogens (tertiary/aromatic N) is 1. The van der Waals surface area contributed by atoms with Crippen LogP contribution in [0.15, 0.2) is 30.3 Å². The van der Waals surface area contributed by atoms with Crippen molar-refractivity contribution in [3.05, 3.63) is 41.6 Å². The van der Waals surface area contributed by atoms with Crippen molar-refractivity contribution in [2.75, 3.05) is 5.32 Å². The minimum Gasteiger partial charge on any atom is -0.491 e. The first kappa shape index (κ1) is 15.1. The van der Waals surface area contributed by atoms with Gasteiger partial charge in [-0.15, -0.1) is 0 Å². The van der Waals surface area contributed by atoms with Crippen molar-refractivity contribution in [1.82, 2.24) is 10.2 Å². The first-order valence-electron chi connectivity index (χ1n) is 7.21. The van der Waals surface area contributed by atoms with E-state index in [0.29, 0.717) is 11.4 Å². The number of benzene rings is 1. The van der Waals surface area contributed by atoms with E-state index < -0.39 is 0 Å². The number of hydrogen-bond donors (Lipinski definition) is 2. The summed E-state index contributed by atoms with van der Waals surface area (Å²) in [6, 6.07) is 8.93. The van der Waals surface area contributed by atoms with Gasteiger partial charge in [0.15, 0.2) is 5.82 Å². The molecule has 0 bridgehead atoms. The van der Waals surface area contributed by atoms with Crippen molar-refractivity contribution in [2.45, 2.75) is 39.7 Å².